The summed E-state index contributed by atoms with van der Waals surface area (Å²) in [5, 5.41) is 56.1. The Bertz CT molecular complexity index is 1500. The minimum absolute atomic E-state index is 0.0211. The van der Waals surface area contributed by atoms with Gasteiger partial charge in [0.05, 0.1) is 24.2 Å². The molecule has 3 saturated carbocycles. The fraction of sp³-hybridized carbons (Fsp3) is 0.562. The van der Waals surface area contributed by atoms with E-state index in [1.165, 1.54) is 25.2 Å². The number of allylic oxidation sites excluding steroid dienone is 4. The van der Waals surface area contributed by atoms with Gasteiger partial charge >= 0.3 is 6.09 Å². The number of ketones is 2. The predicted octanol–water partition coefficient (Wildman–Crippen LogP) is 1.18. The van der Waals surface area contributed by atoms with Crippen LogP contribution in [0.1, 0.15) is 50.7 Å². The highest BCUT2D eigenvalue weighted by atomic mass is 19.1. The van der Waals surface area contributed by atoms with Gasteiger partial charge in [0.1, 0.15) is 6.54 Å². The number of aliphatic hydroxyl groups excluding tert-OH is 2. The van der Waals surface area contributed by atoms with Gasteiger partial charge in [-0.15, -0.1) is 0 Å². The minimum atomic E-state index is -2.47. The van der Waals surface area contributed by atoms with Gasteiger partial charge in [-0.05, 0) is 61.8 Å². The number of Topliss-reactive ketones (excluding diaryl/α,β-unsaturated/α-hetero) is 1. The molecule has 3 fully saturated rings. The molecule has 0 aromatic heterocycles. The number of rotatable bonds is 10. The van der Waals surface area contributed by atoms with Crippen molar-refractivity contribution in [3.05, 3.63) is 59.2 Å². The van der Waals surface area contributed by atoms with Crippen LogP contribution in [0.2, 0.25) is 0 Å². The number of halogens is 1. The molecule has 4 aliphatic rings. The molecule has 0 spiro atoms. The summed E-state index contributed by atoms with van der Waals surface area (Å²) in [5.41, 5.74) is -5.71. The number of ether oxygens (including phenoxy) is 1. The Morgan fingerprint density at radius 3 is 2.47 bits per heavy atom. The Kier molecular flexibility index (Phi) is 9.47. The van der Waals surface area contributed by atoms with Gasteiger partial charge in [0.15, 0.2) is 23.7 Å². The molecular formula is C32H40FN3O11. The van der Waals surface area contributed by atoms with Gasteiger partial charge in [-0.3, -0.25) is 24.8 Å². The Balaban J connectivity index is 1.19. The highest BCUT2D eigenvalue weighted by Gasteiger charge is 2.76. The van der Waals surface area contributed by atoms with Crippen LogP contribution < -0.4 is 10.6 Å². The molecule has 0 saturated heterocycles. The van der Waals surface area contributed by atoms with Crippen LogP contribution in [0.15, 0.2) is 48.1 Å². The summed E-state index contributed by atoms with van der Waals surface area (Å²) in [4.78, 5) is 54.8. The molecule has 8 atom stereocenters. The van der Waals surface area contributed by atoms with Crippen LogP contribution in [-0.4, -0.2) is 91.3 Å². The van der Waals surface area contributed by atoms with Crippen molar-refractivity contribution in [2.75, 3.05) is 13.2 Å². The largest absolute Gasteiger partial charge is 0.441 e. The third-order valence-corrected chi connectivity index (χ3v) is 10.9. The number of nitrogens with zero attached hydrogens (tertiary/aromatic N) is 1. The van der Waals surface area contributed by atoms with Crippen LogP contribution in [0, 0.1) is 22.7 Å². The molecule has 0 unspecified atom stereocenters. The Labute approximate surface area is 269 Å². The van der Waals surface area contributed by atoms with E-state index in [0.29, 0.717) is 23.1 Å². The van der Waals surface area contributed by atoms with Gasteiger partial charge in [0, 0.05) is 23.3 Å². The third-order valence-electron chi connectivity index (χ3n) is 10.9. The average Bonchev–Trinajstić information content (AvgIpc) is 3.23. The fourth-order valence-corrected chi connectivity index (χ4v) is 8.43. The Morgan fingerprint density at radius 1 is 1.06 bits per heavy atom. The van der Waals surface area contributed by atoms with Crippen LogP contribution in [-0.2, 0) is 37.1 Å². The number of fused-ring (bicyclic) bond motifs is 5. The van der Waals surface area contributed by atoms with Gasteiger partial charge in [0.2, 0.25) is 11.7 Å². The molecule has 15 heteroatoms. The van der Waals surface area contributed by atoms with Gasteiger partial charge in [-0.2, -0.15) is 0 Å². The molecule has 0 heterocycles. The number of carbonyl (C=O) groups excluding carboxylic acids is 4. The zero-order valence-corrected chi connectivity index (χ0v) is 26.0. The number of carbonyl (C=O) groups is 4. The number of aliphatic hydroxyl groups is 3. The van der Waals surface area contributed by atoms with Crippen molar-refractivity contribution in [1.82, 2.24) is 16.0 Å². The van der Waals surface area contributed by atoms with E-state index in [9.17, 15) is 34.5 Å². The molecular weight excluding hydrogens is 621 g/mol. The molecule has 5 rings (SSSR count). The lowest BCUT2D eigenvalue weighted by atomic mass is 9.44. The number of hydrogen-bond acceptors (Lipinski definition) is 12. The van der Waals surface area contributed by atoms with Gasteiger partial charge in [-0.1, -0.05) is 42.8 Å². The summed E-state index contributed by atoms with van der Waals surface area (Å²) >= 11 is 0. The maximum Gasteiger partial charge on any atom is 0.408 e. The van der Waals surface area contributed by atoms with Gasteiger partial charge < -0.3 is 30.7 Å². The first kappa shape index (κ1) is 34.8. The van der Waals surface area contributed by atoms with E-state index in [0.717, 1.165) is 0 Å². The van der Waals surface area contributed by atoms with E-state index in [4.69, 9.17) is 15.2 Å². The van der Waals surface area contributed by atoms with Crippen LogP contribution >= 0.6 is 0 Å². The zero-order chi connectivity index (χ0) is 34.4. The van der Waals surface area contributed by atoms with Crippen LogP contribution in [0.5, 0.6) is 0 Å². The van der Waals surface area contributed by atoms with Crippen molar-refractivity contribution < 1.29 is 58.9 Å². The highest BCUT2D eigenvalue weighted by Crippen LogP contribution is 2.69. The standard InChI is InChI=1S/C32H40FN3O11/c1-29-10-9-21(37)11-20(29)7-8-22-23-12-24(38)32(43,30(23,2)13-25(39)31(22,29)33)26(40)17-46-28(42)35-15-27(41)34-14-18-5-3-4-6-19(18)16-47-36(44)45/h3-6,9-11,22-25,38-39,43-45H,7-8,12-17H2,1-2H3,(H,34,41)(H,35,42)/t22-,23-,24+,25-,29-,30-,31-,32-/m0/s1. The number of benzene rings is 1. The molecule has 47 heavy (non-hydrogen) atoms. The maximum absolute atomic E-state index is 17.2. The van der Waals surface area contributed by atoms with Crippen molar-refractivity contribution in [2.24, 2.45) is 22.7 Å². The number of alkyl carbamates (subject to hydrolysis) is 1. The molecule has 256 valence electrons. The monoisotopic (exact) mass is 661 g/mol. The summed E-state index contributed by atoms with van der Waals surface area (Å²) < 4.78 is 22.2. The fourth-order valence-electron chi connectivity index (χ4n) is 8.43. The molecule has 7 N–H and O–H groups in total. The molecule has 0 aliphatic heterocycles. The van der Waals surface area contributed by atoms with Crippen LogP contribution in [0.25, 0.3) is 0 Å². The predicted molar refractivity (Wildman–Crippen MR) is 158 cm³/mol. The average molecular weight is 662 g/mol. The topological polar surface area (TPSA) is 215 Å². The van der Waals surface area contributed by atoms with E-state index in [2.05, 4.69) is 15.5 Å². The second-order valence-electron chi connectivity index (χ2n) is 13.2. The number of nitrogens with one attached hydrogen (secondary N) is 2. The van der Waals surface area contributed by atoms with Crippen LogP contribution in [0.4, 0.5) is 9.18 Å². The summed E-state index contributed by atoms with van der Waals surface area (Å²) in [6.07, 6.45) is -0.146. The zero-order valence-electron chi connectivity index (χ0n) is 26.0. The lowest BCUT2D eigenvalue weighted by Gasteiger charge is -2.62. The van der Waals surface area contributed by atoms with Crippen molar-refractivity contribution >= 4 is 23.6 Å². The smallest absolute Gasteiger partial charge is 0.408 e. The summed E-state index contributed by atoms with van der Waals surface area (Å²) in [6.45, 7) is 1.51. The summed E-state index contributed by atoms with van der Waals surface area (Å²) in [6, 6.07) is 6.72. The minimum Gasteiger partial charge on any atom is -0.441 e. The SMILES string of the molecule is C[C@]12C=CC(=O)C=C1CC[C@H]1[C@@H]3C[C@@H](O)[C@](O)(C(=O)COC(=O)NCC(=O)NCc4ccccc4CON(O)O)[C@@]3(C)C[C@H](O)[C@@]12F. The van der Waals surface area contributed by atoms with Gasteiger partial charge in [0.25, 0.3) is 0 Å². The highest BCUT2D eigenvalue weighted by molar-refractivity contribution is 6.01. The molecule has 0 bridgehead atoms. The number of alkyl halides is 1. The maximum atomic E-state index is 17.2. The second-order valence-corrected chi connectivity index (χ2v) is 13.2. The lowest BCUT2D eigenvalue weighted by molar-refractivity contribution is -0.497. The van der Waals surface area contributed by atoms with Crippen molar-refractivity contribution in [1.29, 1.82) is 0 Å². The van der Waals surface area contributed by atoms with E-state index in [1.54, 1.807) is 31.2 Å². The van der Waals surface area contributed by atoms with Crippen molar-refractivity contribution in [3.8, 4) is 0 Å². The van der Waals surface area contributed by atoms with Crippen LogP contribution in [0.3, 0.4) is 0 Å². The number of amides is 2. The first-order chi connectivity index (χ1) is 22.1. The second kappa shape index (κ2) is 12.8. The quantitative estimate of drug-likeness (QED) is 0.176. The molecule has 2 amide bonds. The van der Waals surface area contributed by atoms with Crippen molar-refractivity contribution in [3.63, 3.8) is 0 Å². The first-order valence-corrected chi connectivity index (χ1v) is 15.4. The lowest BCUT2D eigenvalue weighted by Crippen LogP contribution is -2.69. The molecule has 14 nitrogen and oxygen atoms in total. The Morgan fingerprint density at radius 2 is 1.77 bits per heavy atom. The molecule has 1 aromatic carbocycles. The first-order valence-electron chi connectivity index (χ1n) is 15.4. The van der Waals surface area contributed by atoms with E-state index in [-0.39, 0.29) is 38.2 Å². The van der Waals surface area contributed by atoms with Crippen molar-refractivity contribution in [2.45, 2.75) is 76.2 Å². The van der Waals surface area contributed by atoms with E-state index >= 15 is 4.39 Å². The molecule has 1 aromatic rings. The Hall–Kier alpha value is -3.57. The molecule has 4 aliphatic carbocycles. The normalized spacial score (nSPS) is 35.8. The molecule has 0 radical (unpaired) electrons. The summed E-state index contributed by atoms with van der Waals surface area (Å²) in [7, 11) is 0. The van der Waals surface area contributed by atoms with E-state index < -0.39 is 82.5 Å². The van der Waals surface area contributed by atoms with Gasteiger partial charge in [-0.25, -0.2) is 14.0 Å². The number of hydrogen-bond donors (Lipinski definition) is 7. The van der Waals surface area contributed by atoms with E-state index in [1.807, 2.05) is 0 Å². The third kappa shape index (κ3) is 5.79. The summed E-state index contributed by atoms with van der Waals surface area (Å²) in [5.74, 6) is -3.47.